The molecule has 0 aliphatic heterocycles. The van der Waals surface area contributed by atoms with E-state index in [-0.39, 0.29) is 24.7 Å². The highest BCUT2D eigenvalue weighted by Crippen LogP contribution is 2.33. The molecule has 3 aromatic rings. The van der Waals surface area contributed by atoms with Gasteiger partial charge in [0, 0.05) is 23.4 Å². The second-order valence-corrected chi connectivity index (χ2v) is 8.81. The Hall–Kier alpha value is -2.85. The number of aromatic nitrogens is 1. The highest BCUT2D eigenvalue weighted by Gasteiger charge is 2.15. The van der Waals surface area contributed by atoms with Crippen molar-refractivity contribution in [2.75, 3.05) is 27.1 Å². The van der Waals surface area contributed by atoms with Crippen molar-refractivity contribution in [2.45, 2.75) is 24.3 Å². The predicted octanol–water partition coefficient (Wildman–Crippen LogP) is 4.03. The summed E-state index contributed by atoms with van der Waals surface area (Å²) in [5.74, 6) is 0.741. The Bertz CT molecular complexity index is 1170. The molecule has 0 N–H and O–H groups in total. The van der Waals surface area contributed by atoms with E-state index < -0.39 is 5.97 Å². The van der Waals surface area contributed by atoms with Gasteiger partial charge in [-0.25, -0.2) is 4.39 Å². The molecule has 7 nitrogen and oxygen atoms in total. The Morgan fingerprint density at radius 3 is 2.44 bits per heavy atom. The molecule has 0 saturated carbocycles. The highest BCUT2D eigenvalue weighted by molar-refractivity contribution is 7.99. The first-order valence-electron chi connectivity index (χ1n) is 9.73. The largest absolute Gasteiger partial charge is 0.493 e. The van der Waals surface area contributed by atoms with E-state index in [0.29, 0.717) is 34.0 Å². The number of hydrogen-bond donors (Lipinski definition) is 0. The number of halogens is 1. The summed E-state index contributed by atoms with van der Waals surface area (Å²) in [5.41, 5.74) is 0.691. The van der Waals surface area contributed by atoms with Gasteiger partial charge in [-0.15, -0.1) is 11.8 Å². The molecule has 32 heavy (non-hydrogen) atoms. The fourth-order valence-corrected chi connectivity index (χ4v) is 4.85. The van der Waals surface area contributed by atoms with Gasteiger partial charge in [0.15, 0.2) is 16.3 Å². The number of thiazole rings is 1. The van der Waals surface area contributed by atoms with Crippen LogP contribution >= 0.6 is 23.1 Å². The number of hydrogen-bond acceptors (Lipinski definition) is 7. The maximum atomic E-state index is 13.0. The third kappa shape index (κ3) is 5.89. The SMILES string of the molecule is COC(=O)Cn1c(=NC(=O)CCCSc2ccc(F)cc2)sc2cc(OC)c(OC)cc21. The Kier molecular flexibility index (Phi) is 8.29. The van der Waals surface area contributed by atoms with Crippen LogP contribution in [0.2, 0.25) is 0 Å². The van der Waals surface area contributed by atoms with Gasteiger partial charge in [0.2, 0.25) is 5.91 Å². The average molecular weight is 479 g/mol. The van der Waals surface area contributed by atoms with E-state index in [1.54, 1.807) is 47.7 Å². The number of rotatable bonds is 9. The lowest BCUT2D eigenvalue weighted by Gasteiger charge is -2.09. The van der Waals surface area contributed by atoms with E-state index in [1.807, 2.05) is 0 Å². The van der Waals surface area contributed by atoms with Crippen LogP contribution in [-0.2, 0) is 20.9 Å². The number of nitrogens with zero attached hydrogens (tertiary/aromatic N) is 2. The maximum absolute atomic E-state index is 13.0. The molecule has 1 heterocycles. The van der Waals surface area contributed by atoms with Crippen molar-refractivity contribution in [1.82, 2.24) is 4.57 Å². The number of esters is 1. The van der Waals surface area contributed by atoms with Gasteiger partial charge in [-0.05, 0) is 36.4 Å². The minimum atomic E-state index is -0.455. The average Bonchev–Trinajstić information content (AvgIpc) is 3.12. The minimum Gasteiger partial charge on any atom is -0.493 e. The standard InChI is InChI=1S/C22H23FN2O5S2/c1-28-17-11-16-19(12-18(17)29-2)32-22(25(16)13-21(27)30-3)24-20(26)5-4-10-31-15-8-6-14(23)7-9-15/h6-9,11-12H,4-5,10,13H2,1-3H3. The van der Waals surface area contributed by atoms with Gasteiger partial charge >= 0.3 is 5.97 Å². The molecule has 1 aromatic heterocycles. The van der Waals surface area contributed by atoms with Gasteiger partial charge in [-0.2, -0.15) is 4.99 Å². The van der Waals surface area contributed by atoms with E-state index in [9.17, 15) is 14.0 Å². The molecule has 0 aliphatic rings. The van der Waals surface area contributed by atoms with E-state index in [4.69, 9.17) is 14.2 Å². The van der Waals surface area contributed by atoms with Crippen molar-refractivity contribution in [3.8, 4) is 11.5 Å². The molecule has 0 atom stereocenters. The van der Waals surface area contributed by atoms with Gasteiger partial charge in [0.25, 0.3) is 0 Å². The topological polar surface area (TPSA) is 79.1 Å². The molecule has 0 radical (unpaired) electrons. The van der Waals surface area contributed by atoms with Crippen LogP contribution in [0.3, 0.4) is 0 Å². The summed E-state index contributed by atoms with van der Waals surface area (Å²) in [5, 5.41) is 0. The van der Waals surface area contributed by atoms with Crippen LogP contribution in [0.25, 0.3) is 10.2 Å². The maximum Gasteiger partial charge on any atom is 0.325 e. The first-order valence-corrected chi connectivity index (χ1v) is 11.5. The quantitative estimate of drug-likeness (QED) is 0.263. The van der Waals surface area contributed by atoms with Crippen LogP contribution in [0, 0.1) is 5.82 Å². The van der Waals surface area contributed by atoms with Gasteiger partial charge < -0.3 is 18.8 Å². The first-order chi connectivity index (χ1) is 15.4. The van der Waals surface area contributed by atoms with Crippen LogP contribution in [-0.4, -0.2) is 43.5 Å². The van der Waals surface area contributed by atoms with Crippen molar-refractivity contribution in [2.24, 2.45) is 4.99 Å². The summed E-state index contributed by atoms with van der Waals surface area (Å²) in [4.78, 5) is 30.0. The molecule has 0 aliphatic carbocycles. The smallest absolute Gasteiger partial charge is 0.325 e. The molecule has 3 rings (SSSR count). The zero-order valence-electron chi connectivity index (χ0n) is 17.9. The van der Waals surface area contributed by atoms with E-state index in [0.717, 1.165) is 9.60 Å². The van der Waals surface area contributed by atoms with Crippen molar-refractivity contribution < 1.29 is 28.2 Å². The van der Waals surface area contributed by atoms with Crippen LogP contribution < -0.4 is 14.3 Å². The van der Waals surface area contributed by atoms with Crippen LogP contribution in [0.4, 0.5) is 4.39 Å². The van der Waals surface area contributed by atoms with Crippen LogP contribution in [0.5, 0.6) is 11.5 Å². The number of carbonyl (C=O) groups excluding carboxylic acids is 2. The Morgan fingerprint density at radius 2 is 1.78 bits per heavy atom. The number of benzene rings is 2. The molecule has 0 fully saturated rings. The second kappa shape index (κ2) is 11.1. The number of methoxy groups -OCH3 is 3. The summed E-state index contributed by atoms with van der Waals surface area (Å²) >= 11 is 2.83. The van der Waals surface area contributed by atoms with Gasteiger partial charge in [-0.3, -0.25) is 9.59 Å². The fraction of sp³-hybridized carbons (Fsp3) is 0.318. The lowest BCUT2D eigenvalue weighted by atomic mass is 10.3. The number of thioether (sulfide) groups is 1. The summed E-state index contributed by atoms with van der Waals surface area (Å²) in [7, 11) is 4.37. The zero-order valence-corrected chi connectivity index (χ0v) is 19.6. The molecule has 2 aromatic carbocycles. The Labute approximate surface area is 192 Å². The molecule has 0 bridgehead atoms. The Balaban J connectivity index is 1.79. The van der Waals surface area contributed by atoms with Gasteiger partial charge in [0.1, 0.15) is 12.4 Å². The van der Waals surface area contributed by atoms with E-state index >= 15 is 0 Å². The monoisotopic (exact) mass is 478 g/mol. The van der Waals surface area contributed by atoms with E-state index in [2.05, 4.69) is 4.99 Å². The molecule has 0 unspecified atom stereocenters. The number of carbonyl (C=O) groups is 2. The Morgan fingerprint density at radius 1 is 1.09 bits per heavy atom. The predicted molar refractivity (Wildman–Crippen MR) is 122 cm³/mol. The molecule has 0 spiro atoms. The molecular weight excluding hydrogens is 455 g/mol. The molecular formula is C22H23FN2O5S2. The summed E-state index contributed by atoms with van der Waals surface area (Å²) in [6, 6.07) is 9.78. The summed E-state index contributed by atoms with van der Waals surface area (Å²) in [6.07, 6.45) is 0.876. The zero-order chi connectivity index (χ0) is 23.1. The molecule has 0 saturated heterocycles. The normalized spacial score (nSPS) is 11.6. The summed E-state index contributed by atoms with van der Waals surface area (Å²) < 4.78 is 30.9. The lowest BCUT2D eigenvalue weighted by Crippen LogP contribution is -2.22. The van der Waals surface area contributed by atoms with Crippen LogP contribution in [0.15, 0.2) is 46.3 Å². The van der Waals surface area contributed by atoms with E-state index in [1.165, 1.54) is 37.7 Å². The third-order valence-electron chi connectivity index (χ3n) is 4.54. The fourth-order valence-electron chi connectivity index (χ4n) is 2.94. The highest BCUT2D eigenvalue weighted by atomic mass is 32.2. The number of ether oxygens (including phenoxy) is 3. The summed E-state index contributed by atoms with van der Waals surface area (Å²) in [6.45, 7) is -0.0848. The van der Waals surface area contributed by atoms with Crippen molar-refractivity contribution in [3.63, 3.8) is 0 Å². The van der Waals surface area contributed by atoms with Crippen molar-refractivity contribution in [1.29, 1.82) is 0 Å². The van der Waals surface area contributed by atoms with Crippen LogP contribution in [0.1, 0.15) is 12.8 Å². The first kappa shape index (κ1) is 23.8. The number of amides is 1. The molecule has 10 heteroatoms. The molecule has 1 amide bonds. The second-order valence-electron chi connectivity index (χ2n) is 6.63. The van der Waals surface area contributed by atoms with Gasteiger partial charge in [-0.1, -0.05) is 11.3 Å². The van der Waals surface area contributed by atoms with Crippen molar-refractivity contribution >= 4 is 45.2 Å². The lowest BCUT2D eigenvalue weighted by molar-refractivity contribution is -0.141. The third-order valence-corrected chi connectivity index (χ3v) is 6.68. The number of fused-ring (bicyclic) bond motifs is 1. The molecule has 170 valence electrons. The van der Waals surface area contributed by atoms with Gasteiger partial charge in [0.05, 0.1) is 31.5 Å². The minimum absolute atomic E-state index is 0.0848. The van der Waals surface area contributed by atoms with Crippen molar-refractivity contribution in [3.05, 3.63) is 47.0 Å².